The van der Waals surface area contributed by atoms with Crippen LogP contribution in [0.1, 0.15) is 66.7 Å². The molecule has 1 fully saturated rings. The Morgan fingerprint density at radius 2 is 1.59 bits per heavy atom. The molecule has 0 spiro atoms. The smallest absolute Gasteiger partial charge is 0.172 e. The molecule has 17 heavy (non-hydrogen) atoms. The Balaban J connectivity index is 2.43. The summed E-state index contributed by atoms with van der Waals surface area (Å²) in [6, 6.07) is 0.326. The van der Waals surface area contributed by atoms with Gasteiger partial charge in [-0.2, -0.15) is 10.2 Å². The fraction of sp³-hybridized carbons (Fsp3) is 1.00. The predicted octanol–water partition coefficient (Wildman–Crippen LogP) is 4.16. The first kappa shape index (κ1) is 14.6. The third-order valence-corrected chi connectivity index (χ3v) is 4.03. The number of hydrogen-bond acceptors (Lipinski definition) is 3. The Labute approximate surface area is 106 Å². The van der Waals surface area contributed by atoms with Crippen LogP contribution in [0.15, 0.2) is 10.2 Å². The Bertz CT molecular complexity index is 258. The zero-order valence-electron chi connectivity index (χ0n) is 12.0. The van der Waals surface area contributed by atoms with Gasteiger partial charge in [-0.15, -0.1) is 0 Å². The highest BCUT2D eigenvalue weighted by molar-refractivity contribution is 4.83. The zero-order chi connectivity index (χ0) is 13.1. The monoisotopic (exact) mass is 240 g/mol. The maximum atomic E-state index is 9.77. The van der Waals surface area contributed by atoms with Crippen molar-refractivity contribution in [2.24, 2.45) is 21.6 Å². The third kappa shape index (κ3) is 4.74. The first-order valence-corrected chi connectivity index (χ1v) is 6.89. The maximum absolute atomic E-state index is 9.77. The topological polar surface area (TPSA) is 45.0 Å². The summed E-state index contributed by atoms with van der Waals surface area (Å²) >= 11 is 0. The second kappa shape index (κ2) is 5.47. The van der Waals surface area contributed by atoms with E-state index in [1.54, 1.807) is 6.92 Å². The van der Waals surface area contributed by atoms with Gasteiger partial charge in [0.15, 0.2) is 5.72 Å². The van der Waals surface area contributed by atoms with Crippen LogP contribution in [0.4, 0.5) is 0 Å². The van der Waals surface area contributed by atoms with Crippen LogP contribution in [0.25, 0.3) is 0 Å². The summed E-state index contributed by atoms with van der Waals surface area (Å²) < 4.78 is 0. The van der Waals surface area contributed by atoms with Crippen molar-refractivity contribution in [1.82, 2.24) is 0 Å². The molecule has 3 heteroatoms. The van der Waals surface area contributed by atoms with Crippen LogP contribution in [0, 0.1) is 11.3 Å². The van der Waals surface area contributed by atoms with Gasteiger partial charge in [0, 0.05) is 0 Å². The number of nitrogens with zero attached hydrogens (tertiary/aromatic N) is 2. The minimum absolute atomic E-state index is 0.326. The molecule has 1 aliphatic carbocycles. The van der Waals surface area contributed by atoms with Crippen molar-refractivity contribution in [2.45, 2.75) is 78.5 Å². The highest BCUT2D eigenvalue weighted by atomic mass is 16.3. The van der Waals surface area contributed by atoms with Crippen LogP contribution >= 0.6 is 0 Å². The molecule has 1 N–H and O–H groups in total. The van der Waals surface area contributed by atoms with E-state index in [1.165, 1.54) is 12.8 Å². The largest absolute Gasteiger partial charge is 0.368 e. The first-order valence-electron chi connectivity index (χ1n) is 6.89. The lowest BCUT2D eigenvalue weighted by Gasteiger charge is -2.35. The van der Waals surface area contributed by atoms with Gasteiger partial charge in [-0.25, -0.2) is 0 Å². The molecule has 0 aromatic heterocycles. The zero-order valence-corrected chi connectivity index (χ0v) is 12.0. The molecule has 0 bridgehead atoms. The Hall–Kier alpha value is -0.440. The van der Waals surface area contributed by atoms with Crippen LogP contribution in [-0.4, -0.2) is 16.9 Å². The highest BCUT2D eigenvalue weighted by Gasteiger charge is 2.30. The van der Waals surface area contributed by atoms with Crippen LogP contribution < -0.4 is 0 Å². The molecule has 0 radical (unpaired) electrons. The maximum Gasteiger partial charge on any atom is 0.172 e. The van der Waals surface area contributed by atoms with E-state index in [0.717, 1.165) is 18.8 Å². The molecule has 0 saturated heterocycles. The van der Waals surface area contributed by atoms with Crippen molar-refractivity contribution in [2.75, 3.05) is 0 Å². The molecule has 0 amide bonds. The standard InChI is InChI=1S/C14H28N2O/c1-6-14(5,17)16-15-12-9-7-11(8-10-12)13(2,3)4/h11-12,17H,6-10H2,1-5H3/b16-15+. The van der Waals surface area contributed by atoms with Crippen LogP contribution in [0.5, 0.6) is 0 Å². The van der Waals surface area contributed by atoms with Gasteiger partial charge in [0.2, 0.25) is 0 Å². The van der Waals surface area contributed by atoms with E-state index < -0.39 is 5.72 Å². The van der Waals surface area contributed by atoms with Crippen LogP contribution in [0.2, 0.25) is 0 Å². The second-order valence-corrected chi connectivity index (χ2v) is 6.66. The van der Waals surface area contributed by atoms with E-state index in [9.17, 15) is 5.11 Å². The summed E-state index contributed by atoms with van der Waals surface area (Å²) in [5, 5.41) is 18.2. The lowest BCUT2D eigenvalue weighted by molar-refractivity contribution is 0.0543. The number of rotatable bonds is 3. The minimum atomic E-state index is -0.971. The van der Waals surface area contributed by atoms with Gasteiger partial charge in [-0.3, -0.25) is 0 Å². The third-order valence-electron chi connectivity index (χ3n) is 4.03. The van der Waals surface area contributed by atoms with E-state index in [4.69, 9.17) is 0 Å². The van der Waals surface area contributed by atoms with Gasteiger partial charge in [-0.1, -0.05) is 27.7 Å². The average Bonchev–Trinajstić information content (AvgIpc) is 2.26. The molecular weight excluding hydrogens is 212 g/mol. The van der Waals surface area contributed by atoms with Gasteiger partial charge < -0.3 is 5.11 Å². The summed E-state index contributed by atoms with van der Waals surface area (Å²) in [5.74, 6) is 0.806. The van der Waals surface area contributed by atoms with Gasteiger partial charge in [0.25, 0.3) is 0 Å². The molecule has 0 heterocycles. The summed E-state index contributed by atoms with van der Waals surface area (Å²) in [6.07, 6.45) is 5.33. The molecule has 0 aromatic carbocycles. The second-order valence-electron chi connectivity index (χ2n) is 6.66. The Morgan fingerprint density at radius 1 is 1.06 bits per heavy atom. The summed E-state index contributed by atoms with van der Waals surface area (Å²) in [4.78, 5) is 0. The molecule has 0 aliphatic heterocycles. The highest BCUT2D eigenvalue weighted by Crippen LogP contribution is 2.38. The van der Waals surface area contributed by atoms with E-state index in [-0.39, 0.29) is 0 Å². The van der Waals surface area contributed by atoms with Gasteiger partial charge >= 0.3 is 0 Å². The van der Waals surface area contributed by atoms with Crippen LogP contribution in [0.3, 0.4) is 0 Å². The van der Waals surface area contributed by atoms with E-state index in [0.29, 0.717) is 17.9 Å². The minimum Gasteiger partial charge on any atom is -0.368 e. The van der Waals surface area contributed by atoms with E-state index in [1.807, 2.05) is 6.92 Å². The van der Waals surface area contributed by atoms with Crippen molar-refractivity contribution < 1.29 is 5.11 Å². The first-order chi connectivity index (χ1) is 7.74. The quantitative estimate of drug-likeness (QED) is 0.740. The van der Waals surface area contributed by atoms with Crippen molar-refractivity contribution >= 4 is 0 Å². The molecule has 3 nitrogen and oxygen atoms in total. The molecule has 100 valence electrons. The molecule has 1 atom stereocenters. The Morgan fingerprint density at radius 3 is 2.00 bits per heavy atom. The molecule has 0 aromatic rings. The lowest BCUT2D eigenvalue weighted by atomic mass is 9.71. The molecule has 1 unspecified atom stereocenters. The van der Waals surface area contributed by atoms with E-state index in [2.05, 4.69) is 31.0 Å². The van der Waals surface area contributed by atoms with Crippen LogP contribution in [-0.2, 0) is 0 Å². The molecule has 1 saturated carbocycles. The number of hydrogen-bond donors (Lipinski definition) is 1. The fourth-order valence-corrected chi connectivity index (χ4v) is 2.33. The number of aliphatic hydroxyl groups is 1. The average molecular weight is 240 g/mol. The summed E-state index contributed by atoms with van der Waals surface area (Å²) in [6.45, 7) is 10.6. The normalized spacial score (nSPS) is 30.5. The lowest BCUT2D eigenvalue weighted by Crippen LogP contribution is -2.27. The molecule has 1 aliphatic rings. The van der Waals surface area contributed by atoms with Crippen molar-refractivity contribution in [1.29, 1.82) is 0 Å². The Kier molecular flexibility index (Phi) is 4.70. The summed E-state index contributed by atoms with van der Waals surface area (Å²) in [5.41, 5.74) is -0.558. The van der Waals surface area contributed by atoms with Crippen molar-refractivity contribution in [3.63, 3.8) is 0 Å². The fourth-order valence-electron chi connectivity index (χ4n) is 2.33. The van der Waals surface area contributed by atoms with Gasteiger partial charge in [0.05, 0.1) is 6.04 Å². The SMILES string of the molecule is CCC(C)(O)/N=N/C1CCC(C(C)(C)C)CC1. The predicted molar refractivity (Wildman–Crippen MR) is 71.0 cm³/mol. The number of azo groups is 1. The van der Waals surface area contributed by atoms with E-state index >= 15 is 0 Å². The van der Waals surface area contributed by atoms with Crippen molar-refractivity contribution in [3.8, 4) is 0 Å². The molecule has 1 rings (SSSR count). The molecular formula is C14H28N2O. The van der Waals surface area contributed by atoms with Gasteiger partial charge in [-0.05, 0) is 50.4 Å². The summed E-state index contributed by atoms with van der Waals surface area (Å²) in [7, 11) is 0. The van der Waals surface area contributed by atoms with Crippen molar-refractivity contribution in [3.05, 3.63) is 0 Å². The van der Waals surface area contributed by atoms with Gasteiger partial charge in [0.1, 0.15) is 0 Å².